The number of carbonyl (C=O) groups is 1. The van der Waals surface area contributed by atoms with Gasteiger partial charge in [-0.15, -0.1) is 0 Å². The summed E-state index contributed by atoms with van der Waals surface area (Å²) in [5, 5.41) is 8.75. The normalized spacial score (nSPS) is 11.0. The highest BCUT2D eigenvalue weighted by atomic mass is 19.1. The molecule has 2 aromatic carbocycles. The van der Waals surface area contributed by atoms with E-state index in [2.05, 4.69) is 0 Å². The van der Waals surface area contributed by atoms with Gasteiger partial charge < -0.3 is 0 Å². The molecule has 0 saturated carbocycles. The number of halogens is 1. The Morgan fingerprint density at radius 1 is 0.944 bits per heavy atom. The van der Waals surface area contributed by atoms with Crippen molar-refractivity contribution in [1.82, 2.24) is 5.48 Å². The fourth-order valence-electron chi connectivity index (χ4n) is 1.84. The van der Waals surface area contributed by atoms with Gasteiger partial charge in [0, 0.05) is 11.1 Å². The molecule has 0 saturated heterocycles. The van der Waals surface area contributed by atoms with Crippen LogP contribution in [0.4, 0.5) is 4.39 Å². The molecule has 0 aromatic heterocycles. The first-order chi connectivity index (χ1) is 8.69. The maximum atomic E-state index is 15.1. The standard InChI is InChI=1S/C14H12FNO2/c15-14(13(17)16-18,11-7-3-1-4-8-11)12-9-5-2-6-10-12/h1-10,18H,(H,16,17). The van der Waals surface area contributed by atoms with Gasteiger partial charge >= 0.3 is 0 Å². The fourth-order valence-corrected chi connectivity index (χ4v) is 1.84. The van der Waals surface area contributed by atoms with Crippen molar-refractivity contribution in [3.05, 3.63) is 71.8 Å². The third kappa shape index (κ3) is 1.98. The largest absolute Gasteiger partial charge is 0.290 e. The molecule has 0 fully saturated rings. The molecule has 1 amide bonds. The lowest BCUT2D eigenvalue weighted by Gasteiger charge is -2.23. The molecule has 0 radical (unpaired) electrons. The van der Waals surface area contributed by atoms with Gasteiger partial charge in [-0.25, -0.2) is 9.87 Å². The van der Waals surface area contributed by atoms with E-state index in [9.17, 15) is 4.79 Å². The van der Waals surface area contributed by atoms with Crippen molar-refractivity contribution in [3.8, 4) is 0 Å². The summed E-state index contributed by atoms with van der Waals surface area (Å²) < 4.78 is 15.1. The van der Waals surface area contributed by atoms with Crippen LogP contribution in [0.2, 0.25) is 0 Å². The molecule has 4 heteroatoms. The van der Waals surface area contributed by atoms with E-state index in [0.717, 1.165) is 0 Å². The first-order valence-electron chi connectivity index (χ1n) is 5.44. The summed E-state index contributed by atoms with van der Waals surface area (Å²) in [6.07, 6.45) is 0. The van der Waals surface area contributed by atoms with Crippen LogP contribution in [0.3, 0.4) is 0 Å². The van der Waals surface area contributed by atoms with Crippen molar-refractivity contribution in [3.63, 3.8) is 0 Å². The van der Waals surface area contributed by atoms with E-state index in [1.165, 1.54) is 29.7 Å². The maximum Gasteiger partial charge on any atom is 0.290 e. The third-order valence-corrected chi connectivity index (χ3v) is 2.76. The number of carbonyl (C=O) groups excluding carboxylic acids is 1. The van der Waals surface area contributed by atoms with Gasteiger partial charge in [0.05, 0.1) is 0 Å². The topological polar surface area (TPSA) is 49.3 Å². The molecule has 0 spiro atoms. The Bertz CT molecular complexity index is 489. The van der Waals surface area contributed by atoms with Gasteiger partial charge in [-0.2, -0.15) is 0 Å². The van der Waals surface area contributed by atoms with Crippen LogP contribution >= 0.6 is 0 Å². The molecular formula is C14H12FNO2. The van der Waals surface area contributed by atoms with Gasteiger partial charge in [0.15, 0.2) is 0 Å². The Kier molecular flexibility index (Phi) is 3.39. The number of hydrogen-bond acceptors (Lipinski definition) is 2. The number of benzene rings is 2. The maximum absolute atomic E-state index is 15.1. The molecule has 18 heavy (non-hydrogen) atoms. The van der Waals surface area contributed by atoms with Crippen molar-refractivity contribution in [2.45, 2.75) is 5.67 Å². The predicted octanol–water partition coefficient (Wildman–Crippen LogP) is 2.41. The number of alkyl halides is 1. The van der Waals surface area contributed by atoms with Gasteiger partial charge in [0.25, 0.3) is 5.91 Å². The van der Waals surface area contributed by atoms with Gasteiger partial charge in [-0.05, 0) is 0 Å². The summed E-state index contributed by atoms with van der Waals surface area (Å²) in [4.78, 5) is 11.7. The minimum absolute atomic E-state index is 0.169. The van der Waals surface area contributed by atoms with Crippen LogP contribution in [0.1, 0.15) is 11.1 Å². The van der Waals surface area contributed by atoms with E-state index < -0.39 is 11.6 Å². The Labute approximate surface area is 104 Å². The first kappa shape index (κ1) is 12.3. The summed E-state index contributed by atoms with van der Waals surface area (Å²) in [5.41, 5.74) is -0.678. The fraction of sp³-hybridized carbons (Fsp3) is 0.0714. The second kappa shape index (κ2) is 4.98. The number of nitrogens with one attached hydrogen (secondary N) is 1. The lowest BCUT2D eigenvalue weighted by molar-refractivity contribution is -0.139. The Morgan fingerprint density at radius 2 is 1.33 bits per heavy atom. The van der Waals surface area contributed by atoms with E-state index in [0.29, 0.717) is 0 Å². The Balaban J connectivity index is 2.59. The van der Waals surface area contributed by atoms with Crippen LogP contribution in [-0.2, 0) is 10.5 Å². The molecule has 2 aromatic rings. The minimum atomic E-state index is -2.41. The molecule has 0 aliphatic carbocycles. The molecular weight excluding hydrogens is 233 g/mol. The van der Waals surface area contributed by atoms with Crippen molar-refractivity contribution in [2.24, 2.45) is 0 Å². The molecule has 0 aliphatic rings. The second-order valence-electron chi connectivity index (χ2n) is 3.83. The lowest BCUT2D eigenvalue weighted by Crippen LogP contribution is -2.40. The summed E-state index contributed by atoms with van der Waals surface area (Å²) in [5.74, 6) is -1.11. The molecule has 3 nitrogen and oxygen atoms in total. The van der Waals surface area contributed by atoms with Crippen LogP contribution in [0.25, 0.3) is 0 Å². The number of hydrogen-bond donors (Lipinski definition) is 2. The first-order valence-corrected chi connectivity index (χ1v) is 5.44. The van der Waals surface area contributed by atoms with Crippen LogP contribution in [-0.4, -0.2) is 11.1 Å². The van der Waals surface area contributed by atoms with Gasteiger partial charge in [0.2, 0.25) is 5.67 Å². The highest BCUT2D eigenvalue weighted by molar-refractivity contribution is 5.89. The van der Waals surface area contributed by atoms with E-state index in [1.54, 1.807) is 36.4 Å². The van der Waals surface area contributed by atoms with E-state index in [-0.39, 0.29) is 11.1 Å². The van der Waals surface area contributed by atoms with E-state index in [1.807, 2.05) is 0 Å². The van der Waals surface area contributed by atoms with Crippen LogP contribution in [0, 0.1) is 0 Å². The van der Waals surface area contributed by atoms with E-state index in [4.69, 9.17) is 5.21 Å². The van der Waals surface area contributed by atoms with E-state index >= 15 is 4.39 Å². The van der Waals surface area contributed by atoms with Crippen molar-refractivity contribution in [2.75, 3.05) is 0 Å². The van der Waals surface area contributed by atoms with Crippen LogP contribution in [0.15, 0.2) is 60.7 Å². The number of hydroxylamine groups is 1. The average Bonchev–Trinajstić information content (AvgIpc) is 2.47. The predicted molar refractivity (Wildman–Crippen MR) is 64.7 cm³/mol. The van der Waals surface area contributed by atoms with Gasteiger partial charge in [-0.1, -0.05) is 60.7 Å². The summed E-state index contributed by atoms with van der Waals surface area (Å²) in [6.45, 7) is 0. The van der Waals surface area contributed by atoms with Crippen LogP contribution < -0.4 is 5.48 Å². The third-order valence-electron chi connectivity index (χ3n) is 2.76. The lowest BCUT2D eigenvalue weighted by atomic mass is 9.87. The summed E-state index contributed by atoms with van der Waals surface area (Å²) in [7, 11) is 0. The minimum Gasteiger partial charge on any atom is -0.289 e. The van der Waals surface area contributed by atoms with Crippen molar-refractivity contribution >= 4 is 5.91 Å². The number of rotatable bonds is 3. The van der Waals surface area contributed by atoms with Crippen LogP contribution in [0.5, 0.6) is 0 Å². The molecule has 2 N–H and O–H groups in total. The zero-order valence-electron chi connectivity index (χ0n) is 9.51. The Hall–Kier alpha value is -2.20. The molecule has 0 heterocycles. The molecule has 0 unspecified atom stereocenters. The smallest absolute Gasteiger partial charge is 0.289 e. The summed E-state index contributed by atoms with van der Waals surface area (Å²) >= 11 is 0. The SMILES string of the molecule is O=C(NO)C(F)(c1ccccc1)c1ccccc1. The average molecular weight is 245 g/mol. The molecule has 92 valence electrons. The zero-order chi connectivity index (χ0) is 13.0. The van der Waals surface area contributed by atoms with Gasteiger partial charge in [0.1, 0.15) is 0 Å². The molecule has 0 aliphatic heterocycles. The highest BCUT2D eigenvalue weighted by Crippen LogP contribution is 2.33. The highest BCUT2D eigenvalue weighted by Gasteiger charge is 2.42. The monoisotopic (exact) mass is 245 g/mol. The second-order valence-corrected chi connectivity index (χ2v) is 3.83. The molecule has 2 rings (SSSR count). The number of amides is 1. The van der Waals surface area contributed by atoms with Crippen molar-refractivity contribution < 1.29 is 14.4 Å². The Morgan fingerprint density at radius 3 is 1.67 bits per heavy atom. The quantitative estimate of drug-likeness (QED) is 0.644. The van der Waals surface area contributed by atoms with Crippen molar-refractivity contribution in [1.29, 1.82) is 0 Å². The molecule has 0 atom stereocenters. The van der Waals surface area contributed by atoms with Gasteiger partial charge in [-0.3, -0.25) is 10.0 Å². The zero-order valence-corrected chi connectivity index (χ0v) is 9.51. The molecule has 0 bridgehead atoms. The summed E-state index contributed by atoms with van der Waals surface area (Å²) in [6, 6.07) is 16.0.